The van der Waals surface area contributed by atoms with Crippen LogP contribution in [0.1, 0.15) is 23.2 Å². The number of halogens is 2. The molecule has 0 amide bonds. The van der Waals surface area contributed by atoms with E-state index in [1.807, 2.05) is 48.5 Å². The number of aromatic nitrogens is 1. The van der Waals surface area contributed by atoms with Crippen LogP contribution in [0, 0.1) is 17.6 Å². The van der Waals surface area contributed by atoms with Gasteiger partial charge in [-0.2, -0.15) is 0 Å². The number of rotatable bonds is 5. The lowest BCUT2D eigenvalue weighted by molar-refractivity contribution is 0.0967. The summed E-state index contributed by atoms with van der Waals surface area (Å²) in [5.41, 5.74) is 3.93. The fourth-order valence-corrected chi connectivity index (χ4v) is 4.16. The molecule has 0 atom stereocenters. The van der Waals surface area contributed by atoms with Crippen LogP contribution in [0.5, 0.6) is 0 Å². The smallest absolute Gasteiger partial charge is 0.450 e. The summed E-state index contributed by atoms with van der Waals surface area (Å²) < 4.78 is 27.5. The molecule has 33 heavy (non-hydrogen) atoms. The van der Waals surface area contributed by atoms with Gasteiger partial charge in [-0.1, -0.05) is 47.7 Å². The van der Waals surface area contributed by atoms with Gasteiger partial charge in [0.15, 0.2) is 10.9 Å². The van der Waals surface area contributed by atoms with E-state index in [-0.39, 0.29) is 11.7 Å². The first-order valence-corrected chi connectivity index (χ1v) is 10.8. The number of carboxylic acid groups (broad SMARTS) is 2. The molecule has 1 saturated carbocycles. The van der Waals surface area contributed by atoms with Crippen molar-refractivity contribution in [2.24, 2.45) is 5.92 Å². The van der Waals surface area contributed by atoms with Crippen LogP contribution >= 0.6 is 11.3 Å². The standard InChI is InChI=1S/C23H16F2N2OS.CH2O3/c24-17-11-19(25)22-20(12-17)27-23(29-22)26-18-9-7-14(8-10-18)13-1-3-15(4-2-13)21(28)16-5-6-16;2-1(3)4/h1-4,7-12,16H,5-6H2,(H,26,27);(H2,2,3,4). The molecule has 0 spiro atoms. The van der Waals surface area contributed by atoms with Gasteiger partial charge in [-0.25, -0.2) is 18.6 Å². The second kappa shape index (κ2) is 9.33. The number of nitrogens with zero attached hydrogens (tertiary/aromatic N) is 1. The third-order valence-corrected chi connectivity index (χ3v) is 5.99. The number of nitrogens with one attached hydrogen (secondary N) is 1. The molecule has 5 rings (SSSR count). The van der Waals surface area contributed by atoms with Crippen molar-refractivity contribution in [3.05, 3.63) is 77.9 Å². The number of Topliss-reactive ketones (excluding diaryl/α,β-unsaturated/α-hetero) is 1. The SMILES string of the molecule is O=C(O)O.O=C(c1ccc(-c2ccc(Nc3nc4cc(F)cc(F)c4s3)cc2)cc1)C1CC1. The van der Waals surface area contributed by atoms with Crippen molar-refractivity contribution in [2.45, 2.75) is 12.8 Å². The molecular formula is C24H18F2N2O4S. The average Bonchev–Trinajstić information content (AvgIpc) is 3.54. The quantitative estimate of drug-likeness (QED) is 0.279. The predicted molar refractivity (Wildman–Crippen MR) is 122 cm³/mol. The molecule has 0 saturated heterocycles. The summed E-state index contributed by atoms with van der Waals surface area (Å²) >= 11 is 1.14. The largest absolute Gasteiger partial charge is 0.503 e. The van der Waals surface area contributed by atoms with E-state index in [9.17, 15) is 13.6 Å². The van der Waals surface area contributed by atoms with Gasteiger partial charge in [-0.05, 0) is 36.1 Å². The van der Waals surface area contributed by atoms with Crippen LogP contribution in [-0.4, -0.2) is 27.1 Å². The minimum atomic E-state index is -1.83. The minimum Gasteiger partial charge on any atom is -0.450 e. The Hall–Kier alpha value is -3.85. The summed E-state index contributed by atoms with van der Waals surface area (Å²) in [7, 11) is 0. The summed E-state index contributed by atoms with van der Waals surface area (Å²) in [4.78, 5) is 24.9. The van der Waals surface area contributed by atoms with Crippen LogP contribution in [-0.2, 0) is 0 Å². The van der Waals surface area contributed by atoms with E-state index in [0.717, 1.165) is 52.6 Å². The topological polar surface area (TPSA) is 99.5 Å². The molecule has 1 aliphatic carbocycles. The highest BCUT2D eigenvalue weighted by Crippen LogP contribution is 2.34. The van der Waals surface area contributed by atoms with Crippen molar-refractivity contribution in [1.29, 1.82) is 0 Å². The summed E-state index contributed by atoms with van der Waals surface area (Å²) in [6, 6.07) is 17.5. The highest BCUT2D eigenvalue weighted by Gasteiger charge is 2.30. The van der Waals surface area contributed by atoms with E-state index in [0.29, 0.717) is 15.3 Å². The molecule has 1 aromatic heterocycles. The van der Waals surface area contributed by atoms with Gasteiger partial charge in [0.1, 0.15) is 11.6 Å². The third-order valence-electron chi connectivity index (χ3n) is 5.00. The van der Waals surface area contributed by atoms with Crippen molar-refractivity contribution in [1.82, 2.24) is 4.98 Å². The van der Waals surface area contributed by atoms with E-state index in [4.69, 9.17) is 15.0 Å². The van der Waals surface area contributed by atoms with Crippen molar-refractivity contribution in [3.8, 4) is 11.1 Å². The van der Waals surface area contributed by atoms with Crippen molar-refractivity contribution in [2.75, 3.05) is 5.32 Å². The first-order valence-electron chi connectivity index (χ1n) is 9.99. The predicted octanol–water partition coefficient (Wildman–Crippen LogP) is 6.80. The number of thiazole rings is 1. The maximum atomic E-state index is 13.8. The third kappa shape index (κ3) is 5.50. The van der Waals surface area contributed by atoms with Gasteiger partial charge in [-0.3, -0.25) is 4.79 Å². The fraction of sp³-hybridized carbons (Fsp3) is 0.125. The number of hydrogen-bond acceptors (Lipinski definition) is 5. The minimum absolute atomic E-state index is 0.221. The Morgan fingerprint density at radius 3 is 2.09 bits per heavy atom. The van der Waals surface area contributed by atoms with E-state index >= 15 is 0 Å². The van der Waals surface area contributed by atoms with Crippen LogP contribution in [0.4, 0.5) is 24.4 Å². The molecule has 1 fully saturated rings. The second-order valence-corrected chi connectivity index (χ2v) is 8.45. The van der Waals surface area contributed by atoms with Gasteiger partial charge in [0.2, 0.25) is 0 Å². The van der Waals surface area contributed by atoms with Crippen molar-refractivity contribution >= 4 is 44.3 Å². The number of ketones is 1. The van der Waals surface area contributed by atoms with Gasteiger partial charge in [0.05, 0.1) is 10.2 Å². The van der Waals surface area contributed by atoms with Crippen molar-refractivity contribution in [3.63, 3.8) is 0 Å². The second-order valence-electron chi connectivity index (χ2n) is 7.46. The highest BCUT2D eigenvalue weighted by atomic mass is 32.1. The number of carbonyl (C=O) groups excluding carboxylic acids is 1. The molecule has 168 valence electrons. The Morgan fingerprint density at radius 1 is 0.939 bits per heavy atom. The summed E-state index contributed by atoms with van der Waals surface area (Å²) in [6.07, 6.45) is 0.177. The molecule has 3 aromatic carbocycles. The van der Waals surface area contributed by atoms with E-state index in [2.05, 4.69) is 10.3 Å². The first-order chi connectivity index (χ1) is 15.8. The van der Waals surface area contributed by atoms with Crippen LogP contribution in [0.15, 0.2) is 60.7 Å². The lowest BCUT2D eigenvalue weighted by Crippen LogP contribution is -2.00. The Morgan fingerprint density at radius 2 is 1.52 bits per heavy atom. The number of hydrogen-bond donors (Lipinski definition) is 3. The van der Waals surface area contributed by atoms with E-state index in [1.165, 1.54) is 6.07 Å². The van der Waals surface area contributed by atoms with Crippen LogP contribution in [0.2, 0.25) is 0 Å². The maximum Gasteiger partial charge on any atom is 0.503 e. The zero-order valence-corrected chi connectivity index (χ0v) is 17.9. The molecule has 0 bridgehead atoms. The molecule has 0 aliphatic heterocycles. The molecular weight excluding hydrogens is 450 g/mol. The zero-order chi connectivity index (χ0) is 23.5. The summed E-state index contributed by atoms with van der Waals surface area (Å²) in [6.45, 7) is 0. The van der Waals surface area contributed by atoms with Crippen LogP contribution in [0.25, 0.3) is 21.3 Å². The number of benzene rings is 3. The molecule has 0 radical (unpaired) electrons. The number of carbonyl (C=O) groups is 2. The molecule has 3 N–H and O–H groups in total. The van der Waals surface area contributed by atoms with Gasteiger partial charge in [0, 0.05) is 29.3 Å². The Kier molecular flexibility index (Phi) is 6.32. The van der Waals surface area contributed by atoms with Crippen LogP contribution in [0.3, 0.4) is 0 Å². The molecule has 4 aromatic rings. The van der Waals surface area contributed by atoms with E-state index < -0.39 is 17.8 Å². The van der Waals surface area contributed by atoms with Crippen LogP contribution < -0.4 is 5.32 Å². The van der Waals surface area contributed by atoms with Gasteiger partial charge in [0.25, 0.3) is 0 Å². The van der Waals surface area contributed by atoms with Gasteiger partial charge in [-0.15, -0.1) is 0 Å². The Bertz CT molecular complexity index is 1310. The molecule has 9 heteroatoms. The monoisotopic (exact) mass is 468 g/mol. The zero-order valence-electron chi connectivity index (χ0n) is 17.1. The van der Waals surface area contributed by atoms with Gasteiger partial charge >= 0.3 is 6.16 Å². The lowest BCUT2D eigenvalue weighted by atomic mass is 10.0. The molecule has 0 unspecified atom stereocenters. The molecule has 1 heterocycles. The van der Waals surface area contributed by atoms with Crippen molar-refractivity contribution < 1.29 is 28.6 Å². The highest BCUT2D eigenvalue weighted by molar-refractivity contribution is 7.22. The average molecular weight is 468 g/mol. The normalized spacial score (nSPS) is 12.7. The number of fused-ring (bicyclic) bond motifs is 1. The lowest BCUT2D eigenvalue weighted by Gasteiger charge is -2.06. The summed E-state index contributed by atoms with van der Waals surface area (Å²) in [5, 5.41) is 17.6. The molecule has 1 aliphatic rings. The number of anilines is 2. The summed E-state index contributed by atoms with van der Waals surface area (Å²) in [5.74, 6) is -0.785. The molecule has 6 nitrogen and oxygen atoms in total. The maximum absolute atomic E-state index is 13.8. The Labute approximate surface area is 191 Å². The Balaban J connectivity index is 0.000000601. The van der Waals surface area contributed by atoms with Gasteiger partial charge < -0.3 is 15.5 Å². The van der Waals surface area contributed by atoms with E-state index in [1.54, 1.807) is 0 Å². The first kappa shape index (κ1) is 22.3. The fourth-order valence-electron chi connectivity index (χ4n) is 3.29.